The number of amides is 3. The van der Waals surface area contributed by atoms with Gasteiger partial charge in [-0.25, -0.2) is 9.78 Å². The zero-order valence-electron chi connectivity index (χ0n) is 32.9. The van der Waals surface area contributed by atoms with Gasteiger partial charge in [0.1, 0.15) is 11.4 Å². The molecule has 11 heteroatoms. The van der Waals surface area contributed by atoms with Crippen molar-refractivity contribution in [2.75, 3.05) is 26.8 Å². The molecule has 0 spiro atoms. The number of nitrogens with zero attached hydrogens (tertiary/aromatic N) is 4. The van der Waals surface area contributed by atoms with Crippen molar-refractivity contribution in [3.05, 3.63) is 58.2 Å². The highest BCUT2D eigenvalue weighted by Gasteiger charge is 2.32. The predicted octanol–water partition coefficient (Wildman–Crippen LogP) is 7.17. The van der Waals surface area contributed by atoms with E-state index in [1.165, 1.54) is 5.57 Å². The molecule has 0 saturated carbocycles. The standard InChI is InChI=1S/C42H58N6O5/c1-26-33-16-15-29-21-31(27(14-17-34(29)45-33)13-11-9-10-12-19-42(5,6)39(50)43-26)37-46-35-23-32-28(22-36(35)47(37)7)18-20-48(38(32)49)24-30(25-52-8)44-40(51)53-41(2,3)4/h15-16,21-23,26-27,30H,9-14,17-20,24-25H2,1-8H3,(H,43,50)(H,44,51)/t26-,27?,30+/m1/s1. The Morgan fingerprint density at radius 2 is 1.85 bits per heavy atom. The summed E-state index contributed by atoms with van der Waals surface area (Å²) < 4.78 is 13.0. The van der Waals surface area contributed by atoms with Crippen molar-refractivity contribution in [2.24, 2.45) is 18.4 Å². The van der Waals surface area contributed by atoms with E-state index in [-0.39, 0.29) is 24.5 Å². The van der Waals surface area contributed by atoms with Crippen LogP contribution in [0.4, 0.5) is 4.79 Å². The number of hydrogen-bond donors (Lipinski definition) is 2. The lowest BCUT2D eigenvalue weighted by atomic mass is 9.85. The van der Waals surface area contributed by atoms with Crippen LogP contribution in [0, 0.1) is 11.3 Å². The molecule has 2 aromatic heterocycles. The third-order valence-corrected chi connectivity index (χ3v) is 11.1. The van der Waals surface area contributed by atoms with Crippen molar-refractivity contribution in [1.82, 2.24) is 30.1 Å². The van der Waals surface area contributed by atoms with Crippen molar-refractivity contribution in [2.45, 2.75) is 117 Å². The van der Waals surface area contributed by atoms with E-state index >= 15 is 0 Å². The summed E-state index contributed by atoms with van der Waals surface area (Å²) in [7, 11) is 3.66. The molecule has 11 nitrogen and oxygen atoms in total. The smallest absolute Gasteiger partial charge is 0.408 e. The number of benzene rings is 1. The van der Waals surface area contributed by atoms with E-state index in [0.717, 1.165) is 90.7 Å². The number of allylic oxidation sites excluding steroid dienone is 1. The lowest BCUT2D eigenvalue weighted by Crippen LogP contribution is -2.50. The van der Waals surface area contributed by atoms with Crippen LogP contribution in [0.5, 0.6) is 0 Å². The second-order valence-corrected chi connectivity index (χ2v) is 16.9. The molecule has 0 fully saturated rings. The van der Waals surface area contributed by atoms with Gasteiger partial charge in [-0.15, -0.1) is 0 Å². The fraction of sp³-hybridized carbons (Fsp3) is 0.595. The molecule has 286 valence electrons. The summed E-state index contributed by atoms with van der Waals surface area (Å²) >= 11 is 0. The average Bonchev–Trinajstić information content (AvgIpc) is 3.28. The zero-order valence-corrected chi connectivity index (χ0v) is 32.9. The molecule has 3 atom stereocenters. The molecule has 3 aromatic rings. The largest absolute Gasteiger partial charge is 0.444 e. The molecule has 6 rings (SSSR count). The Morgan fingerprint density at radius 1 is 1.08 bits per heavy atom. The molecule has 3 amide bonds. The first-order valence-electron chi connectivity index (χ1n) is 19.4. The number of carbonyl (C=O) groups excluding carboxylic acids is 3. The van der Waals surface area contributed by atoms with Crippen LogP contribution in [0.3, 0.4) is 0 Å². The summed E-state index contributed by atoms with van der Waals surface area (Å²) in [5, 5.41) is 6.12. The van der Waals surface area contributed by atoms with Gasteiger partial charge in [0, 0.05) is 43.9 Å². The summed E-state index contributed by atoms with van der Waals surface area (Å²) in [6.45, 7) is 12.7. The molecule has 2 aliphatic heterocycles. The topological polar surface area (TPSA) is 128 Å². The Morgan fingerprint density at radius 3 is 2.60 bits per heavy atom. The number of rotatable bonds is 6. The zero-order chi connectivity index (χ0) is 38.1. The monoisotopic (exact) mass is 726 g/mol. The minimum absolute atomic E-state index is 0.0763. The number of alkyl carbamates (subject to hydrolysis) is 1. The van der Waals surface area contributed by atoms with Gasteiger partial charge in [0.05, 0.1) is 35.4 Å². The maximum atomic E-state index is 14.0. The van der Waals surface area contributed by atoms with Gasteiger partial charge in [-0.3, -0.25) is 14.6 Å². The van der Waals surface area contributed by atoms with Crippen molar-refractivity contribution in [3.63, 3.8) is 0 Å². The van der Waals surface area contributed by atoms with Crippen LogP contribution in [0.15, 0.2) is 24.3 Å². The second kappa shape index (κ2) is 15.6. The van der Waals surface area contributed by atoms with Crippen LogP contribution in [-0.2, 0) is 34.2 Å². The van der Waals surface area contributed by atoms with Crippen molar-refractivity contribution in [3.8, 4) is 0 Å². The van der Waals surface area contributed by atoms with E-state index in [0.29, 0.717) is 31.0 Å². The number of aryl methyl sites for hydroxylation is 2. The Bertz CT molecular complexity index is 1890. The molecule has 4 heterocycles. The average molecular weight is 727 g/mol. The van der Waals surface area contributed by atoms with Crippen LogP contribution >= 0.6 is 0 Å². The van der Waals surface area contributed by atoms with E-state index in [1.54, 1.807) is 12.0 Å². The quantitative estimate of drug-likeness (QED) is 0.276. The minimum atomic E-state index is -0.632. The van der Waals surface area contributed by atoms with E-state index in [2.05, 4.69) is 40.5 Å². The molecule has 1 aliphatic carbocycles. The highest BCUT2D eigenvalue weighted by molar-refractivity contribution is 6.00. The molecular formula is C42H58N6O5. The fourth-order valence-electron chi connectivity index (χ4n) is 8.02. The number of carbonyl (C=O) groups is 3. The molecule has 2 N–H and O–H groups in total. The minimum Gasteiger partial charge on any atom is -0.444 e. The Hall–Kier alpha value is -4.25. The molecule has 1 unspecified atom stereocenters. The molecule has 3 bridgehead atoms. The molecule has 3 aliphatic rings. The highest BCUT2D eigenvalue weighted by atomic mass is 16.6. The van der Waals surface area contributed by atoms with Crippen LogP contribution in [0.1, 0.15) is 131 Å². The Labute approximate surface area is 314 Å². The number of fused-ring (bicyclic) bond motifs is 5. The highest BCUT2D eigenvalue weighted by Crippen LogP contribution is 2.39. The number of methoxy groups -OCH3 is 1. The van der Waals surface area contributed by atoms with Crippen LogP contribution in [0.25, 0.3) is 22.7 Å². The summed E-state index contributed by atoms with van der Waals surface area (Å²) in [5.41, 5.74) is 6.65. The number of hydrogen-bond acceptors (Lipinski definition) is 7. The summed E-state index contributed by atoms with van der Waals surface area (Å²) in [4.78, 5) is 51.9. The van der Waals surface area contributed by atoms with Crippen LogP contribution in [0.2, 0.25) is 0 Å². The number of pyridine rings is 1. The summed E-state index contributed by atoms with van der Waals surface area (Å²) in [6.07, 6.45) is 10.6. The number of aromatic nitrogens is 3. The fourth-order valence-corrected chi connectivity index (χ4v) is 8.02. The summed E-state index contributed by atoms with van der Waals surface area (Å²) in [6, 6.07) is 7.67. The van der Waals surface area contributed by atoms with Crippen molar-refractivity contribution >= 4 is 40.6 Å². The first-order valence-corrected chi connectivity index (χ1v) is 19.4. The van der Waals surface area contributed by atoms with Gasteiger partial charge in [0.25, 0.3) is 5.91 Å². The van der Waals surface area contributed by atoms with Gasteiger partial charge in [-0.05, 0) is 107 Å². The van der Waals surface area contributed by atoms with E-state index in [4.69, 9.17) is 19.4 Å². The van der Waals surface area contributed by atoms with Crippen molar-refractivity contribution in [1.29, 1.82) is 0 Å². The number of ether oxygens (including phenoxy) is 2. The predicted molar refractivity (Wildman–Crippen MR) is 207 cm³/mol. The molecule has 0 radical (unpaired) electrons. The third kappa shape index (κ3) is 8.77. The SMILES string of the molecule is COC[C@H](CN1CCc2cc3c(cc2C1=O)nc(C1=Cc2ccc4nc2CCC1CCCCCCC(C)(C)C(=O)N[C@@H]4C)n3C)NC(=O)OC(C)(C)C. The van der Waals surface area contributed by atoms with E-state index < -0.39 is 23.2 Å². The van der Waals surface area contributed by atoms with E-state index in [1.807, 2.05) is 53.7 Å². The van der Waals surface area contributed by atoms with Crippen LogP contribution < -0.4 is 10.6 Å². The Kier molecular flexibility index (Phi) is 11.3. The van der Waals surface area contributed by atoms with Gasteiger partial charge >= 0.3 is 6.09 Å². The van der Waals surface area contributed by atoms with Gasteiger partial charge < -0.3 is 29.6 Å². The maximum absolute atomic E-state index is 14.0. The van der Waals surface area contributed by atoms with E-state index in [9.17, 15) is 14.4 Å². The molecule has 53 heavy (non-hydrogen) atoms. The Balaban J connectivity index is 1.30. The molecule has 1 aromatic carbocycles. The van der Waals surface area contributed by atoms with Gasteiger partial charge in [-0.1, -0.05) is 45.6 Å². The molecular weight excluding hydrogens is 668 g/mol. The number of nitrogens with one attached hydrogen (secondary N) is 2. The lowest BCUT2D eigenvalue weighted by molar-refractivity contribution is -0.130. The lowest BCUT2D eigenvalue weighted by Gasteiger charge is -2.32. The second-order valence-electron chi connectivity index (χ2n) is 16.9. The number of imidazole rings is 1. The van der Waals surface area contributed by atoms with Gasteiger partial charge in [0.15, 0.2) is 0 Å². The summed E-state index contributed by atoms with van der Waals surface area (Å²) in [5.74, 6) is 1.24. The van der Waals surface area contributed by atoms with Gasteiger partial charge in [-0.2, -0.15) is 0 Å². The van der Waals surface area contributed by atoms with Crippen molar-refractivity contribution < 1.29 is 23.9 Å². The van der Waals surface area contributed by atoms with Gasteiger partial charge in [0.2, 0.25) is 5.91 Å². The normalized spacial score (nSPS) is 21.5. The molecule has 0 saturated heterocycles. The van der Waals surface area contributed by atoms with Crippen LogP contribution in [-0.4, -0.2) is 75.8 Å². The maximum Gasteiger partial charge on any atom is 0.408 e. The first-order chi connectivity index (χ1) is 25.1. The first kappa shape index (κ1) is 38.5. The third-order valence-electron chi connectivity index (χ3n) is 11.1.